The quantitative estimate of drug-likeness (QED) is 0.136. The van der Waals surface area contributed by atoms with E-state index in [0.29, 0.717) is 52.4 Å². The highest BCUT2D eigenvalue weighted by Gasteiger charge is 2.57. The maximum atomic E-state index is 14.3. The van der Waals surface area contributed by atoms with E-state index in [1.165, 1.54) is 11.0 Å². The molecule has 10 nitrogen and oxygen atoms in total. The third-order valence-corrected chi connectivity index (χ3v) is 10.5. The third-order valence-electron chi connectivity index (χ3n) is 10.5. The molecule has 10 heteroatoms. The van der Waals surface area contributed by atoms with Crippen LogP contribution in [0.4, 0.5) is 22.7 Å². The van der Waals surface area contributed by atoms with Crippen LogP contribution in [-0.4, -0.2) is 42.6 Å². The van der Waals surface area contributed by atoms with Crippen LogP contribution in [0.2, 0.25) is 0 Å². The van der Waals surface area contributed by atoms with E-state index in [9.17, 15) is 24.3 Å². The Hall–Kier alpha value is -5.90. The van der Waals surface area contributed by atoms with Crippen molar-refractivity contribution in [3.05, 3.63) is 119 Å². The van der Waals surface area contributed by atoms with Crippen molar-refractivity contribution >= 4 is 46.1 Å². The first-order chi connectivity index (χ1) is 24.1. The van der Waals surface area contributed by atoms with Crippen LogP contribution in [0.3, 0.4) is 0 Å². The number of rotatable bonds is 5. The van der Waals surface area contributed by atoms with Crippen molar-refractivity contribution in [2.75, 3.05) is 23.9 Å². The number of phenols is 1. The molecule has 1 fully saturated rings. The summed E-state index contributed by atoms with van der Waals surface area (Å²) in [6.07, 6.45) is 5.91. The molecule has 0 aromatic heterocycles. The Kier molecular flexibility index (Phi) is 7.47. The number of Topliss-reactive ketones (excluding diaryl/α,β-unsaturated/α-hetero) is 1. The summed E-state index contributed by atoms with van der Waals surface area (Å²) in [5.41, 5.74) is 6.31. The van der Waals surface area contributed by atoms with Gasteiger partial charge in [0.1, 0.15) is 11.5 Å². The summed E-state index contributed by atoms with van der Waals surface area (Å²) < 4.78 is 5.98. The summed E-state index contributed by atoms with van der Waals surface area (Å²) >= 11 is 0. The zero-order chi connectivity index (χ0) is 34.8. The molecular formula is C40H34N4O6. The highest BCUT2D eigenvalue weighted by atomic mass is 16.5. The molecule has 0 radical (unpaired) electrons. The molecule has 0 saturated carbocycles. The molecule has 3 aliphatic carbocycles. The second-order valence-electron chi connectivity index (χ2n) is 13.6. The first kappa shape index (κ1) is 31.4. The molecule has 2 heterocycles. The van der Waals surface area contributed by atoms with Crippen LogP contribution in [0.5, 0.6) is 11.5 Å². The number of allylic oxidation sites excluding steroid dienone is 7. The van der Waals surface area contributed by atoms with Gasteiger partial charge in [-0.1, -0.05) is 11.6 Å². The van der Waals surface area contributed by atoms with E-state index in [1.54, 1.807) is 55.7 Å². The predicted molar refractivity (Wildman–Crippen MR) is 186 cm³/mol. The smallest absolute Gasteiger partial charge is 0.238 e. The van der Waals surface area contributed by atoms with Gasteiger partial charge in [0, 0.05) is 54.4 Å². The minimum absolute atomic E-state index is 0.0959. The number of benzene rings is 3. The van der Waals surface area contributed by atoms with Crippen molar-refractivity contribution in [1.82, 2.24) is 0 Å². The van der Waals surface area contributed by atoms with Crippen LogP contribution >= 0.6 is 0 Å². The lowest BCUT2D eigenvalue weighted by molar-refractivity contribution is -0.123. The Morgan fingerprint density at radius 3 is 2.28 bits per heavy atom. The Morgan fingerprint density at radius 2 is 1.58 bits per heavy atom. The fourth-order valence-corrected chi connectivity index (χ4v) is 8.03. The normalized spacial score (nSPS) is 24.2. The number of nitrogens with zero attached hydrogens (tertiary/aromatic N) is 4. The van der Waals surface area contributed by atoms with Gasteiger partial charge in [0.15, 0.2) is 11.6 Å². The number of carbonyl (C=O) groups excluding carboxylic acids is 4. The number of imide groups is 1. The molecule has 4 atom stereocenters. The average molecular weight is 667 g/mol. The zero-order valence-electron chi connectivity index (χ0n) is 27.8. The van der Waals surface area contributed by atoms with Gasteiger partial charge in [-0.15, -0.1) is 0 Å². The van der Waals surface area contributed by atoms with Gasteiger partial charge in [-0.25, -0.2) is 0 Å². The first-order valence-corrected chi connectivity index (χ1v) is 16.6. The van der Waals surface area contributed by atoms with Crippen LogP contribution in [0, 0.1) is 23.7 Å². The highest BCUT2D eigenvalue weighted by molar-refractivity contribution is 6.25. The minimum Gasteiger partial charge on any atom is -0.508 e. The van der Waals surface area contributed by atoms with Crippen molar-refractivity contribution in [3.63, 3.8) is 0 Å². The number of aromatic hydroxyl groups is 1. The molecule has 1 saturated heterocycles. The molecule has 0 unspecified atom stereocenters. The van der Waals surface area contributed by atoms with Gasteiger partial charge in [-0.05, 0) is 104 Å². The van der Waals surface area contributed by atoms with Gasteiger partial charge in [-0.2, -0.15) is 10.2 Å². The molecule has 2 aliphatic heterocycles. The van der Waals surface area contributed by atoms with Gasteiger partial charge >= 0.3 is 0 Å². The number of ketones is 2. The molecular weight excluding hydrogens is 632 g/mol. The van der Waals surface area contributed by atoms with Crippen LogP contribution in [0.25, 0.3) is 0 Å². The lowest BCUT2D eigenvalue weighted by Crippen LogP contribution is -2.41. The van der Waals surface area contributed by atoms with E-state index < -0.39 is 23.7 Å². The van der Waals surface area contributed by atoms with Crippen LogP contribution in [0.1, 0.15) is 25.3 Å². The monoisotopic (exact) mass is 666 g/mol. The van der Waals surface area contributed by atoms with E-state index in [0.717, 1.165) is 22.4 Å². The number of azo groups is 1. The van der Waals surface area contributed by atoms with E-state index >= 15 is 0 Å². The zero-order valence-corrected chi connectivity index (χ0v) is 27.8. The molecule has 1 N–H and O–H groups in total. The molecule has 2 amide bonds. The Labute approximate surface area is 288 Å². The molecule has 5 aliphatic rings. The Bertz CT molecular complexity index is 2160. The fraction of sp³-hybridized carbons (Fsp3) is 0.250. The Balaban J connectivity index is 1.09. The number of amides is 2. The molecule has 0 bridgehead atoms. The number of hydrogen-bond acceptors (Lipinski definition) is 9. The second kappa shape index (κ2) is 11.9. The van der Waals surface area contributed by atoms with Gasteiger partial charge in [0.25, 0.3) is 0 Å². The number of hydrogen-bond donors (Lipinski definition) is 1. The molecule has 8 rings (SSSR count). The predicted octanol–water partition coefficient (Wildman–Crippen LogP) is 6.86. The summed E-state index contributed by atoms with van der Waals surface area (Å²) in [6, 6.07) is 19.4. The van der Waals surface area contributed by atoms with Crippen LogP contribution < -0.4 is 14.5 Å². The molecule has 0 spiro atoms. The largest absolute Gasteiger partial charge is 0.508 e. The minimum atomic E-state index is -0.695. The van der Waals surface area contributed by atoms with E-state index in [1.807, 2.05) is 49.3 Å². The van der Waals surface area contributed by atoms with E-state index in [4.69, 9.17) is 4.74 Å². The molecule has 250 valence electrons. The van der Waals surface area contributed by atoms with Crippen molar-refractivity contribution in [2.45, 2.75) is 26.2 Å². The van der Waals surface area contributed by atoms with Crippen LogP contribution in [-0.2, 0) is 25.6 Å². The standard InChI is InChI=1S/C40H34N4O6/c1-21-16-33(46)32-19-31-29(35(37(32)38(21)47)23-17-22-18-28(45)12-15-34(22)50-20-23)13-14-30-36(31)40(49)44(39(30)48)27-10-6-25(7-11-27)42-41-24-4-8-26(9-5-24)43(2)3/h4-13,15-16,18,20,30-31,35-36,45H,14,17,19H2,1-3H3/t30-,31+,35-,36-/m0/s1. The number of anilines is 2. The topological polar surface area (TPSA) is 129 Å². The second-order valence-corrected chi connectivity index (χ2v) is 13.6. The van der Waals surface area contributed by atoms with E-state index in [2.05, 4.69) is 10.2 Å². The molecule has 3 aromatic carbocycles. The maximum Gasteiger partial charge on any atom is 0.238 e. The lowest BCUT2D eigenvalue weighted by atomic mass is 9.58. The van der Waals surface area contributed by atoms with E-state index in [-0.39, 0.29) is 35.6 Å². The van der Waals surface area contributed by atoms with Crippen molar-refractivity contribution in [3.8, 4) is 11.5 Å². The average Bonchev–Trinajstić information content (AvgIpc) is 3.37. The SMILES string of the molecule is CC1=CC(=O)C2=C(C1=O)[C@@H](C1=COc3ccc(O)cc3C1)C1=CC[C@@H]3C(=O)N(c4ccc(N=Nc5ccc(N(C)C)cc5)cc4)C(=O)[C@@H]3[C@@H]1C2. The van der Waals surface area contributed by atoms with Crippen molar-refractivity contribution in [1.29, 1.82) is 0 Å². The number of carbonyl (C=O) groups is 4. The summed E-state index contributed by atoms with van der Waals surface area (Å²) in [4.78, 5) is 58.7. The number of fused-ring (bicyclic) bond motifs is 4. The fourth-order valence-electron chi connectivity index (χ4n) is 8.03. The van der Waals surface area contributed by atoms with Gasteiger partial charge in [0.2, 0.25) is 11.8 Å². The Morgan fingerprint density at radius 1 is 0.880 bits per heavy atom. The summed E-state index contributed by atoms with van der Waals surface area (Å²) in [5.74, 6) is -2.69. The van der Waals surface area contributed by atoms with Gasteiger partial charge in [0.05, 0.1) is 35.2 Å². The maximum absolute atomic E-state index is 14.3. The molecule has 50 heavy (non-hydrogen) atoms. The van der Waals surface area contributed by atoms with Crippen molar-refractivity contribution in [2.24, 2.45) is 33.9 Å². The first-order valence-electron chi connectivity index (χ1n) is 16.6. The lowest BCUT2D eigenvalue weighted by Gasteiger charge is -2.43. The summed E-state index contributed by atoms with van der Waals surface area (Å²) in [7, 11) is 3.93. The van der Waals surface area contributed by atoms with Gasteiger partial charge in [-0.3, -0.25) is 24.1 Å². The summed E-state index contributed by atoms with van der Waals surface area (Å²) in [6.45, 7) is 1.64. The third kappa shape index (κ3) is 5.10. The number of phenolic OH excluding ortho intramolecular Hbond substituents is 1. The highest BCUT2D eigenvalue weighted by Crippen LogP contribution is 2.55. The van der Waals surface area contributed by atoms with Crippen LogP contribution in [0.15, 0.2) is 123 Å². The molecule has 3 aromatic rings. The van der Waals surface area contributed by atoms with Crippen molar-refractivity contribution < 1.29 is 29.0 Å². The number of ether oxygens (including phenoxy) is 1. The van der Waals surface area contributed by atoms with Gasteiger partial charge < -0.3 is 14.7 Å². The summed E-state index contributed by atoms with van der Waals surface area (Å²) in [5, 5.41) is 18.8.